The van der Waals surface area contributed by atoms with E-state index in [1.807, 2.05) is 0 Å². The predicted octanol–water partition coefficient (Wildman–Crippen LogP) is 1.04. The lowest BCUT2D eigenvalue weighted by Crippen LogP contribution is -2.12. The van der Waals surface area contributed by atoms with Crippen molar-refractivity contribution in [2.24, 2.45) is 0 Å². The molecule has 0 saturated carbocycles. The molecule has 0 spiro atoms. The Hall–Kier alpha value is -1.67. The Kier molecular flexibility index (Phi) is 2.75. The first kappa shape index (κ1) is 10.8. The average molecular weight is 257 g/mol. The van der Waals surface area contributed by atoms with Crippen molar-refractivity contribution in [1.82, 2.24) is 10.2 Å². The van der Waals surface area contributed by atoms with Gasteiger partial charge in [0, 0.05) is 0 Å². The van der Waals surface area contributed by atoms with Crippen LogP contribution in [0.3, 0.4) is 0 Å². The van der Waals surface area contributed by atoms with Crippen LogP contribution < -0.4 is 4.72 Å². The summed E-state index contributed by atoms with van der Waals surface area (Å²) in [6.07, 6.45) is 0. The summed E-state index contributed by atoms with van der Waals surface area (Å²) in [6, 6.07) is 5.21. The van der Waals surface area contributed by atoms with Gasteiger partial charge in [-0.25, -0.2) is 8.42 Å². The van der Waals surface area contributed by atoms with Crippen molar-refractivity contribution in [3.63, 3.8) is 0 Å². The maximum Gasteiger partial charge on any atom is 0.263 e. The highest BCUT2D eigenvalue weighted by Gasteiger charge is 2.15. The Morgan fingerprint density at radius 1 is 1.25 bits per heavy atom. The molecule has 0 unspecified atom stereocenters. The zero-order valence-corrected chi connectivity index (χ0v) is 9.49. The van der Waals surface area contributed by atoms with Crippen molar-refractivity contribution < 1.29 is 13.5 Å². The molecule has 0 bridgehead atoms. The average Bonchev–Trinajstić information content (AvgIpc) is 2.70. The van der Waals surface area contributed by atoms with E-state index in [4.69, 9.17) is 5.11 Å². The highest BCUT2D eigenvalue weighted by Crippen LogP contribution is 2.18. The van der Waals surface area contributed by atoms with Gasteiger partial charge < -0.3 is 5.11 Å². The lowest BCUT2D eigenvalue weighted by molar-refractivity contribution is 0.475. The molecule has 84 valence electrons. The van der Waals surface area contributed by atoms with Gasteiger partial charge in [0.2, 0.25) is 5.13 Å². The summed E-state index contributed by atoms with van der Waals surface area (Å²) in [6.45, 7) is 0. The molecular weight excluding hydrogens is 250 g/mol. The summed E-state index contributed by atoms with van der Waals surface area (Å²) >= 11 is 1.09. The number of aromatic hydroxyl groups is 1. The van der Waals surface area contributed by atoms with Gasteiger partial charge >= 0.3 is 0 Å². The molecular formula is C8H7N3O3S2. The van der Waals surface area contributed by atoms with Crippen LogP contribution >= 0.6 is 11.3 Å². The van der Waals surface area contributed by atoms with E-state index in [0.717, 1.165) is 11.3 Å². The van der Waals surface area contributed by atoms with Crippen molar-refractivity contribution in [1.29, 1.82) is 0 Å². The quantitative estimate of drug-likeness (QED) is 0.857. The number of nitrogens with zero attached hydrogens (tertiary/aromatic N) is 2. The Labute approximate surface area is 95.6 Å². The highest BCUT2D eigenvalue weighted by molar-refractivity contribution is 7.93. The van der Waals surface area contributed by atoms with Crippen LogP contribution in [0.4, 0.5) is 5.13 Å². The van der Waals surface area contributed by atoms with Crippen LogP contribution in [-0.2, 0) is 10.0 Å². The molecule has 0 radical (unpaired) electrons. The molecule has 1 aromatic carbocycles. The van der Waals surface area contributed by atoms with E-state index in [1.165, 1.54) is 29.8 Å². The number of rotatable bonds is 3. The van der Waals surface area contributed by atoms with Gasteiger partial charge in [0.1, 0.15) is 11.3 Å². The second kappa shape index (κ2) is 4.06. The number of aromatic nitrogens is 2. The molecule has 6 nitrogen and oxygen atoms in total. The number of benzene rings is 1. The summed E-state index contributed by atoms with van der Waals surface area (Å²) in [5.41, 5.74) is 1.43. The molecule has 16 heavy (non-hydrogen) atoms. The van der Waals surface area contributed by atoms with Gasteiger partial charge in [-0.15, -0.1) is 10.2 Å². The van der Waals surface area contributed by atoms with Crippen molar-refractivity contribution in [2.75, 3.05) is 4.72 Å². The number of nitrogens with one attached hydrogen (secondary N) is 1. The van der Waals surface area contributed by atoms with Gasteiger partial charge in [0.15, 0.2) is 0 Å². The van der Waals surface area contributed by atoms with Crippen molar-refractivity contribution in [3.8, 4) is 5.75 Å². The fraction of sp³-hybridized carbons (Fsp3) is 0. The van der Waals surface area contributed by atoms with E-state index in [1.54, 1.807) is 0 Å². The SMILES string of the molecule is O=S(=O)(Nc1nncs1)c1ccc(O)cc1. The fourth-order valence-corrected chi connectivity index (χ4v) is 2.71. The second-order valence-corrected chi connectivity index (χ2v) is 5.36. The minimum absolute atomic E-state index is 0.00913. The third-order valence-electron chi connectivity index (χ3n) is 1.73. The fourth-order valence-electron chi connectivity index (χ4n) is 1.02. The number of anilines is 1. The van der Waals surface area contributed by atoms with Gasteiger partial charge in [-0.05, 0) is 24.3 Å². The topological polar surface area (TPSA) is 92.2 Å². The van der Waals surface area contributed by atoms with Crippen LogP contribution in [0.5, 0.6) is 5.75 Å². The molecule has 1 aromatic heterocycles. The first-order chi connectivity index (χ1) is 7.58. The summed E-state index contributed by atoms with van der Waals surface area (Å²) in [5.74, 6) is 0.00913. The molecule has 0 aliphatic rings. The van der Waals surface area contributed by atoms with E-state index >= 15 is 0 Å². The second-order valence-electron chi connectivity index (χ2n) is 2.84. The van der Waals surface area contributed by atoms with E-state index in [-0.39, 0.29) is 15.8 Å². The van der Waals surface area contributed by atoms with Crippen molar-refractivity contribution >= 4 is 26.5 Å². The molecule has 0 atom stereocenters. The third kappa shape index (κ3) is 2.28. The third-order valence-corrected chi connectivity index (χ3v) is 3.82. The van der Waals surface area contributed by atoms with Crippen LogP contribution in [0.15, 0.2) is 34.7 Å². The van der Waals surface area contributed by atoms with E-state index in [9.17, 15) is 8.42 Å². The predicted molar refractivity (Wildman–Crippen MR) is 58.8 cm³/mol. The maximum absolute atomic E-state index is 11.8. The molecule has 2 rings (SSSR count). The minimum atomic E-state index is -3.65. The largest absolute Gasteiger partial charge is 0.508 e. The van der Waals surface area contributed by atoms with E-state index in [0.29, 0.717) is 0 Å². The Bertz CT molecular complexity index is 563. The lowest BCUT2D eigenvalue weighted by Gasteiger charge is -2.04. The minimum Gasteiger partial charge on any atom is -0.508 e. The maximum atomic E-state index is 11.8. The van der Waals surface area contributed by atoms with Crippen molar-refractivity contribution in [2.45, 2.75) is 4.90 Å². The molecule has 0 saturated heterocycles. The van der Waals surface area contributed by atoms with E-state index in [2.05, 4.69) is 14.9 Å². The monoisotopic (exact) mass is 257 g/mol. The zero-order valence-electron chi connectivity index (χ0n) is 7.86. The smallest absolute Gasteiger partial charge is 0.263 e. The number of sulfonamides is 1. The highest BCUT2D eigenvalue weighted by atomic mass is 32.2. The molecule has 8 heteroatoms. The van der Waals surface area contributed by atoms with Crippen LogP contribution in [-0.4, -0.2) is 23.7 Å². The molecule has 2 N–H and O–H groups in total. The first-order valence-corrected chi connectivity index (χ1v) is 6.52. The first-order valence-electron chi connectivity index (χ1n) is 4.16. The molecule has 0 aliphatic heterocycles. The molecule has 2 aromatic rings. The van der Waals surface area contributed by atoms with Gasteiger partial charge in [0.05, 0.1) is 4.90 Å². The number of phenols is 1. The van der Waals surface area contributed by atoms with Crippen molar-refractivity contribution in [3.05, 3.63) is 29.8 Å². The summed E-state index contributed by atoms with van der Waals surface area (Å²) < 4.78 is 25.8. The molecule has 0 fully saturated rings. The zero-order chi connectivity index (χ0) is 11.6. The molecule has 0 aliphatic carbocycles. The number of phenolic OH excluding ortho intramolecular Hbond substituents is 1. The number of hydrogen-bond donors (Lipinski definition) is 2. The Morgan fingerprint density at radius 3 is 2.50 bits per heavy atom. The number of hydrogen-bond acceptors (Lipinski definition) is 6. The standard InChI is InChI=1S/C8H7N3O3S2/c12-6-1-3-7(4-2-6)16(13,14)11-8-10-9-5-15-8/h1-5,12H,(H,10,11). The van der Waals surface area contributed by atoms with Crippen LogP contribution in [0.1, 0.15) is 0 Å². The van der Waals surface area contributed by atoms with E-state index < -0.39 is 10.0 Å². The van der Waals surface area contributed by atoms with Gasteiger partial charge in [-0.1, -0.05) is 11.3 Å². The summed E-state index contributed by atoms with van der Waals surface area (Å²) in [5, 5.41) is 16.3. The van der Waals surface area contributed by atoms with Crippen LogP contribution in [0.2, 0.25) is 0 Å². The van der Waals surface area contributed by atoms with Gasteiger partial charge in [-0.2, -0.15) is 0 Å². The Balaban J connectivity index is 2.29. The summed E-state index contributed by atoms with van der Waals surface area (Å²) in [4.78, 5) is 0.0560. The van der Waals surface area contributed by atoms with Gasteiger partial charge in [0.25, 0.3) is 10.0 Å². The Morgan fingerprint density at radius 2 is 1.94 bits per heavy atom. The van der Waals surface area contributed by atoms with Crippen LogP contribution in [0, 0.1) is 0 Å². The van der Waals surface area contributed by atoms with Crippen LogP contribution in [0.25, 0.3) is 0 Å². The lowest BCUT2D eigenvalue weighted by atomic mass is 10.3. The summed E-state index contributed by atoms with van der Waals surface area (Å²) in [7, 11) is -3.65. The van der Waals surface area contributed by atoms with Gasteiger partial charge in [-0.3, -0.25) is 4.72 Å². The molecule has 0 amide bonds. The normalized spacial score (nSPS) is 11.2. The molecule has 1 heterocycles.